The molecule has 0 aromatic carbocycles. The van der Waals surface area contributed by atoms with Gasteiger partial charge in [-0.2, -0.15) is 5.10 Å². The van der Waals surface area contributed by atoms with E-state index in [9.17, 15) is 4.79 Å². The Hall–Kier alpha value is -1.56. The summed E-state index contributed by atoms with van der Waals surface area (Å²) in [6, 6.07) is 1.24. The van der Waals surface area contributed by atoms with Crippen molar-refractivity contribution in [2.45, 2.75) is 44.2 Å². The molecule has 2 atom stereocenters. The smallest absolute Gasteiger partial charge is 0.249 e. The van der Waals surface area contributed by atoms with Crippen LogP contribution in [-0.2, 0) is 4.79 Å². The molecule has 2 bridgehead atoms. The molecule has 0 spiro atoms. The second-order valence-corrected chi connectivity index (χ2v) is 5.19. The van der Waals surface area contributed by atoms with Gasteiger partial charge in [-0.15, -0.1) is 5.10 Å². The van der Waals surface area contributed by atoms with Crippen molar-refractivity contribution in [1.82, 2.24) is 20.5 Å². The largest absolute Gasteiger partial charge is 0.311 e. The highest BCUT2D eigenvalue weighted by molar-refractivity contribution is 5.88. The van der Waals surface area contributed by atoms with Gasteiger partial charge in [0.1, 0.15) is 0 Å². The van der Waals surface area contributed by atoms with Crippen molar-refractivity contribution in [3.8, 4) is 0 Å². The average molecular weight is 247 g/mol. The maximum atomic E-state index is 11.9. The molecule has 2 aliphatic heterocycles. The Morgan fingerprint density at radius 3 is 2.78 bits per heavy atom. The first-order valence-corrected chi connectivity index (χ1v) is 6.49. The van der Waals surface area contributed by atoms with Crippen molar-refractivity contribution in [2.75, 3.05) is 5.32 Å². The summed E-state index contributed by atoms with van der Waals surface area (Å²) in [5.74, 6) is 0.772. The van der Waals surface area contributed by atoms with E-state index in [0.29, 0.717) is 30.4 Å². The summed E-state index contributed by atoms with van der Waals surface area (Å²) in [4.78, 5) is 15.8. The highest BCUT2D eigenvalue weighted by Crippen LogP contribution is 2.32. The number of aromatic nitrogens is 3. The first kappa shape index (κ1) is 11.5. The van der Waals surface area contributed by atoms with Crippen LogP contribution >= 0.6 is 0 Å². The first-order valence-electron chi connectivity index (χ1n) is 6.49. The Morgan fingerprint density at radius 1 is 1.33 bits per heavy atom. The minimum atomic E-state index is -0.00528. The van der Waals surface area contributed by atoms with E-state index in [-0.39, 0.29) is 5.91 Å². The van der Waals surface area contributed by atoms with E-state index in [1.54, 1.807) is 0 Å². The van der Waals surface area contributed by atoms with Gasteiger partial charge in [-0.3, -0.25) is 10.1 Å². The van der Waals surface area contributed by atoms with Crippen LogP contribution in [0.2, 0.25) is 0 Å². The van der Waals surface area contributed by atoms with Crippen LogP contribution in [-0.4, -0.2) is 33.2 Å². The van der Waals surface area contributed by atoms with Gasteiger partial charge in [-0.25, -0.2) is 4.98 Å². The molecule has 18 heavy (non-hydrogen) atoms. The van der Waals surface area contributed by atoms with Crippen LogP contribution in [0.3, 0.4) is 0 Å². The van der Waals surface area contributed by atoms with E-state index in [2.05, 4.69) is 25.8 Å². The first-order chi connectivity index (χ1) is 8.79. The lowest BCUT2D eigenvalue weighted by Gasteiger charge is -2.28. The molecule has 96 valence electrons. The molecule has 6 heteroatoms. The predicted octanol–water partition coefficient (Wildman–Crippen LogP) is 0.731. The molecule has 0 aliphatic carbocycles. The molecule has 1 aromatic rings. The molecule has 2 fully saturated rings. The molecular formula is C12H17N5O. The fraction of sp³-hybridized carbons (Fsp3) is 0.667. The van der Waals surface area contributed by atoms with Gasteiger partial charge in [0.15, 0.2) is 0 Å². The molecule has 6 nitrogen and oxygen atoms in total. The summed E-state index contributed by atoms with van der Waals surface area (Å²) in [5.41, 5.74) is 0. The minimum absolute atomic E-state index is 0.00528. The lowest BCUT2D eigenvalue weighted by atomic mass is 9.89. The molecule has 3 rings (SSSR count). The van der Waals surface area contributed by atoms with Crippen LogP contribution in [0.25, 0.3) is 0 Å². The molecule has 2 saturated heterocycles. The van der Waals surface area contributed by atoms with Crippen LogP contribution in [0.1, 0.15) is 32.1 Å². The number of hydrogen-bond acceptors (Lipinski definition) is 5. The Balaban J connectivity index is 1.52. The van der Waals surface area contributed by atoms with E-state index < -0.39 is 0 Å². The number of amides is 1. The SMILES string of the molecule is O=C(CC1CC2CCC(C1)N2)Nc1nccnn1. The van der Waals surface area contributed by atoms with E-state index >= 15 is 0 Å². The summed E-state index contributed by atoms with van der Waals surface area (Å²) in [6.45, 7) is 0. The molecule has 1 aromatic heterocycles. The van der Waals surface area contributed by atoms with E-state index in [0.717, 1.165) is 12.8 Å². The van der Waals surface area contributed by atoms with E-state index in [1.165, 1.54) is 25.2 Å². The van der Waals surface area contributed by atoms with Gasteiger partial charge in [0, 0.05) is 18.5 Å². The number of piperidine rings is 1. The number of hydrogen-bond donors (Lipinski definition) is 2. The maximum absolute atomic E-state index is 11.9. The van der Waals surface area contributed by atoms with Gasteiger partial charge in [-0.1, -0.05) is 0 Å². The third-order valence-corrected chi connectivity index (χ3v) is 3.78. The summed E-state index contributed by atoms with van der Waals surface area (Å²) < 4.78 is 0. The third-order valence-electron chi connectivity index (χ3n) is 3.78. The van der Waals surface area contributed by atoms with Crippen LogP contribution in [0, 0.1) is 5.92 Å². The molecule has 1 amide bonds. The molecule has 0 radical (unpaired) electrons. The molecule has 2 unspecified atom stereocenters. The Kier molecular flexibility index (Phi) is 3.19. The highest BCUT2D eigenvalue weighted by atomic mass is 16.1. The van der Waals surface area contributed by atoms with Gasteiger partial charge in [-0.05, 0) is 31.6 Å². The van der Waals surface area contributed by atoms with Crippen molar-refractivity contribution >= 4 is 11.9 Å². The zero-order valence-electron chi connectivity index (χ0n) is 10.2. The zero-order valence-corrected chi connectivity index (χ0v) is 10.2. The molecule has 0 saturated carbocycles. The number of nitrogens with zero attached hydrogens (tertiary/aromatic N) is 3. The van der Waals surface area contributed by atoms with Crippen LogP contribution in [0.5, 0.6) is 0 Å². The van der Waals surface area contributed by atoms with Crippen molar-refractivity contribution in [2.24, 2.45) is 5.92 Å². The number of carbonyl (C=O) groups excluding carboxylic acids is 1. The van der Waals surface area contributed by atoms with E-state index in [4.69, 9.17) is 0 Å². The van der Waals surface area contributed by atoms with Gasteiger partial charge >= 0.3 is 0 Å². The summed E-state index contributed by atoms with van der Waals surface area (Å²) in [5, 5.41) is 13.7. The Bertz CT molecular complexity index is 412. The monoisotopic (exact) mass is 247 g/mol. The lowest BCUT2D eigenvalue weighted by Crippen LogP contribution is -2.39. The van der Waals surface area contributed by atoms with Crippen LogP contribution in [0.15, 0.2) is 12.4 Å². The van der Waals surface area contributed by atoms with Gasteiger partial charge in [0.25, 0.3) is 0 Å². The number of rotatable bonds is 3. The predicted molar refractivity (Wildman–Crippen MR) is 65.7 cm³/mol. The highest BCUT2D eigenvalue weighted by Gasteiger charge is 2.34. The zero-order chi connectivity index (χ0) is 12.4. The van der Waals surface area contributed by atoms with Crippen LogP contribution < -0.4 is 10.6 Å². The molecule has 2 N–H and O–H groups in total. The minimum Gasteiger partial charge on any atom is -0.311 e. The van der Waals surface area contributed by atoms with Gasteiger partial charge < -0.3 is 5.32 Å². The van der Waals surface area contributed by atoms with Crippen molar-refractivity contribution in [3.63, 3.8) is 0 Å². The van der Waals surface area contributed by atoms with Crippen molar-refractivity contribution in [1.29, 1.82) is 0 Å². The summed E-state index contributed by atoms with van der Waals surface area (Å²) in [6.07, 6.45) is 8.30. The number of fused-ring (bicyclic) bond motifs is 2. The second kappa shape index (κ2) is 4.97. The topological polar surface area (TPSA) is 79.8 Å². The Morgan fingerprint density at radius 2 is 2.11 bits per heavy atom. The normalized spacial score (nSPS) is 30.1. The Labute approximate surface area is 106 Å². The summed E-state index contributed by atoms with van der Waals surface area (Å²) >= 11 is 0. The number of anilines is 1. The molecular weight excluding hydrogens is 230 g/mol. The fourth-order valence-electron chi connectivity index (χ4n) is 3.08. The standard InChI is InChI=1S/C12H17N5O/c18-11(16-12-13-3-4-14-17-12)7-8-5-9-1-2-10(6-8)15-9/h3-4,8-10,15H,1-2,5-7H2,(H,13,16,17,18). The van der Waals surface area contributed by atoms with Crippen molar-refractivity contribution < 1.29 is 4.79 Å². The maximum Gasteiger partial charge on any atom is 0.249 e. The third kappa shape index (κ3) is 2.64. The van der Waals surface area contributed by atoms with Crippen molar-refractivity contribution in [3.05, 3.63) is 12.4 Å². The second-order valence-electron chi connectivity index (χ2n) is 5.19. The number of carbonyl (C=O) groups is 1. The quantitative estimate of drug-likeness (QED) is 0.823. The number of nitrogens with one attached hydrogen (secondary N) is 2. The summed E-state index contributed by atoms with van der Waals surface area (Å²) in [7, 11) is 0. The molecule has 3 heterocycles. The van der Waals surface area contributed by atoms with Gasteiger partial charge in [0.05, 0.1) is 12.4 Å². The lowest BCUT2D eigenvalue weighted by molar-refractivity contribution is -0.117. The van der Waals surface area contributed by atoms with Gasteiger partial charge in [0.2, 0.25) is 11.9 Å². The fourth-order valence-corrected chi connectivity index (χ4v) is 3.08. The average Bonchev–Trinajstić information content (AvgIpc) is 2.70. The molecule has 2 aliphatic rings. The van der Waals surface area contributed by atoms with E-state index in [1.807, 2.05) is 0 Å². The van der Waals surface area contributed by atoms with Crippen LogP contribution in [0.4, 0.5) is 5.95 Å².